The number of rotatable bonds is 8. The number of carbonyl (C=O) groups is 2. The molecule has 1 aliphatic rings. The number of nitrogens with zero attached hydrogens (tertiary/aromatic N) is 2. The summed E-state index contributed by atoms with van der Waals surface area (Å²) in [5.74, 6) is 1.01. The van der Waals surface area contributed by atoms with Crippen molar-refractivity contribution in [3.8, 4) is 11.4 Å². The van der Waals surface area contributed by atoms with Gasteiger partial charge in [-0.05, 0) is 37.1 Å². The lowest BCUT2D eigenvalue weighted by Gasteiger charge is -2.10. The third-order valence-electron chi connectivity index (χ3n) is 4.61. The Morgan fingerprint density at radius 2 is 1.81 bits per heavy atom. The lowest BCUT2D eigenvalue weighted by atomic mass is 10.1. The summed E-state index contributed by atoms with van der Waals surface area (Å²) in [5, 5.41) is 10.2. The number of carbonyl (C=O) groups excluding carboxylic acids is 2. The molecule has 0 atom stereocenters. The van der Waals surface area contributed by atoms with E-state index >= 15 is 0 Å². The normalized spacial score (nSPS) is 14.3. The van der Waals surface area contributed by atoms with Crippen LogP contribution < -0.4 is 10.6 Å². The Morgan fingerprint density at radius 1 is 1.11 bits per heavy atom. The Labute approximate surface area is 162 Å². The second kappa shape index (κ2) is 9.50. The van der Waals surface area contributed by atoms with Gasteiger partial charge in [-0.25, -0.2) is 0 Å². The molecule has 1 heterocycles. The highest BCUT2D eigenvalue weighted by atomic mass is 35.5. The minimum Gasteiger partial charge on any atom is -0.354 e. The van der Waals surface area contributed by atoms with Gasteiger partial charge in [-0.2, -0.15) is 4.98 Å². The van der Waals surface area contributed by atoms with Gasteiger partial charge in [-0.1, -0.05) is 29.6 Å². The second-order valence-electron chi connectivity index (χ2n) is 6.64. The van der Waals surface area contributed by atoms with Gasteiger partial charge in [0.2, 0.25) is 23.5 Å². The van der Waals surface area contributed by atoms with E-state index in [0.717, 1.165) is 31.2 Å². The molecule has 2 amide bonds. The third kappa shape index (κ3) is 5.79. The minimum absolute atomic E-state index is 0.0994. The van der Waals surface area contributed by atoms with Crippen LogP contribution in [-0.2, 0) is 16.0 Å². The first-order valence-electron chi connectivity index (χ1n) is 9.25. The fourth-order valence-corrected chi connectivity index (χ4v) is 3.23. The molecule has 0 radical (unpaired) electrons. The quantitative estimate of drug-likeness (QED) is 0.675. The van der Waals surface area contributed by atoms with Gasteiger partial charge in [0.25, 0.3) is 0 Å². The zero-order valence-corrected chi connectivity index (χ0v) is 15.8. The molecule has 2 N–H and O–H groups in total. The maximum Gasteiger partial charge on any atom is 0.227 e. The summed E-state index contributed by atoms with van der Waals surface area (Å²) in [4.78, 5) is 28.1. The van der Waals surface area contributed by atoms with Crippen LogP contribution in [0.4, 0.5) is 0 Å². The third-order valence-corrected chi connectivity index (χ3v) is 4.86. The molecule has 1 fully saturated rings. The van der Waals surface area contributed by atoms with E-state index in [1.54, 1.807) is 12.1 Å². The summed E-state index contributed by atoms with van der Waals surface area (Å²) in [6, 6.07) is 7.13. The molecule has 2 aromatic rings. The maximum atomic E-state index is 11.9. The van der Waals surface area contributed by atoms with Crippen molar-refractivity contribution in [3.05, 3.63) is 35.2 Å². The molecular formula is C19H23ClN4O3. The topological polar surface area (TPSA) is 97.1 Å². The van der Waals surface area contributed by atoms with Gasteiger partial charge in [0.15, 0.2) is 0 Å². The van der Waals surface area contributed by atoms with Gasteiger partial charge in [0.05, 0.1) is 0 Å². The molecule has 0 unspecified atom stereocenters. The summed E-state index contributed by atoms with van der Waals surface area (Å²) in [6.07, 6.45) is 4.81. The van der Waals surface area contributed by atoms with E-state index < -0.39 is 0 Å². The Balaban J connectivity index is 1.34. The Bertz CT molecular complexity index is 770. The Kier molecular flexibility index (Phi) is 6.81. The van der Waals surface area contributed by atoms with Crippen molar-refractivity contribution in [2.24, 2.45) is 5.92 Å². The predicted molar refractivity (Wildman–Crippen MR) is 101 cm³/mol. The van der Waals surface area contributed by atoms with Crippen molar-refractivity contribution in [2.45, 2.75) is 38.5 Å². The maximum absolute atomic E-state index is 11.9. The van der Waals surface area contributed by atoms with E-state index in [-0.39, 0.29) is 24.2 Å². The van der Waals surface area contributed by atoms with Crippen LogP contribution in [0.25, 0.3) is 11.4 Å². The Morgan fingerprint density at radius 3 is 2.56 bits per heavy atom. The number of benzene rings is 1. The first kappa shape index (κ1) is 19.4. The Hall–Kier alpha value is -2.41. The average molecular weight is 391 g/mol. The highest BCUT2D eigenvalue weighted by Gasteiger charge is 2.21. The van der Waals surface area contributed by atoms with Crippen molar-refractivity contribution < 1.29 is 14.1 Å². The largest absolute Gasteiger partial charge is 0.354 e. The van der Waals surface area contributed by atoms with Crippen molar-refractivity contribution in [1.29, 1.82) is 0 Å². The summed E-state index contributed by atoms with van der Waals surface area (Å²) in [5.41, 5.74) is 0.803. The molecule has 1 aliphatic carbocycles. The molecule has 8 heteroatoms. The van der Waals surface area contributed by atoms with Crippen LogP contribution in [0.2, 0.25) is 5.02 Å². The van der Waals surface area contributed by atoms with Crippen molar-refractivity contribution in [3.63, 3.8) is 0 Å². The molecule has 0 aliphatic heterocycles. The second-order valence-corrected chi connectivity index (χ2v) is 7.08. The van der Waals surface area contributed by atoms with E-state index in [1.807, 2.05) is 12.1 Å². The number of hydrogen-bond donors (Lipinski definition) is 2. The molecule has 7 nitrogen and oxygen atoms in total. The molecule has 1 aromatic heterocycles. The SMILES string of the molecule is O=C(CCc1nc(-c2ccc(Cl)cc2)no1)NCCNC(=O)C1CCCC1. The summed E-state index contributed by atoms with van der Waals surface area (Å²) < 4.78 is 5.18. The summed E-state index contributed by atoms with van der Waals surface area (Å²) in [7, 11) is 0. The lowest BCUT2D eigenvalue weighted by molar-refractivity contribution is -0.125. The predicted octanol–water partition coefficient (Wildman–Crippen LogP) is 2.75. The highest BCUT2D eigenvalue weighted by molar-refractivity contribution is 6.30. The molecule has 27 heavy (non-hydrogen) atoms. The van der Waals surface area contributed by atoms with Crippen LogP contribution in [0, 0.1) is 5.92 Å². The van der Waals surface area contributed by atoms with E-state index in [9.17, 15) is 9.59 Å². The van der Waals surface area contributed by atoms with Crippen molar-refractivity contribution >= 4 is 23.4 Å². The molecule has 0 spiro atoms. The van der Waals surface area contributed by atoms with Crippen LogP contribution in [0.3, 0.4) is 0 Å². The van der Waals surface area contributed by atoms with Crippen LogP contribution in [-0.4, -0.2) is 35.0 Å². The standard InChI is InChI=1S/C19H23ClN4O3/c20-15-7-5-13(6-8-15)18-23-17(27-24-18)10-9-16(25)21-11-12-22-19(26)14-3-1-2-4-14/h5-8,14H,1-4,9-12H2,(H,21,25)(H,22,26). The van der Waals surface area contributed by atoms with Crippen LogP contribution in [0.1, 0.15) is 38.0 Å². The summed E-state index contributed by atoms with van der Waals surface area (Å²) in [6.45, 7) is 0.861. The van der Waals surface area contributed by atoms with E-state index in [2.05, 4.69) is 20.8 Å². The number of aromatic nitrogens is 2. The molecule has 3 rings (SSSR count). The zero-order valence-electron chi connectivity index (χ0n) is 15.0. The fraction of sp³-hybridized carbons (Fsp3) is 0.474. The highest BCUT2D eigenvalue weighted by Crippen LogP contribution is 2.24. The first-order valence-corrected chi connectivity index (χ1v) is 9.62. The van der Waals surface area contributed by atoms with Crippen molar-refractivity contribution in [2.75, 3.05) is 13.1 Å². The van der Waals surface area contributed by atoms with E-state index in [0.29, 0.717) is 36.2 Å². The molecule has 1 saturated carbocycles. The number of hydrogen-bond acceptors (Lipinski definition) is 5. The minimum atomic E-state index is -0.114. The van der Waals surface area contributed by atoms with Gasteiger partial charge in [0, 0.05) is 42.4 Å². The molecule has 0 saturated heterocycles. The van der Waals surface area contributed by atoms with Gasteiger partial charge in [-0.3, -0.25) is 9.59 Å². The van der Waals surface area contributed by atoms with Gasteiger partial charge < -0.3 is 15.2 Å². The lowest BCUT2D eigenvalue weighted by Crippen LogP contribution is -2.37. The number of aryl methyl sites for hydroxylation is 1. The van der Waals surface area contributed by atoms with Crippen LogP contribution in [0.15, 0.2) is 28.8 Å². The van der Waals surface area contributed by atoms with Crippen LogP contribution >= 0.6 is 11.6 Å². The van der Waals surface area contributed by atoms with Crippen molar-refractivity contribution in [1.82, 2.24) is 20.8 Å². The molecule has 0 bridgehead atoms. The zero-order chi connectivity index (χ0) is 19.1. The molecule has 1 aromatic carbocycles. The smallest absolute Gasteiger partial charge is 0.227 e. The number of nitrogens with one attached hydrogen (secondary N) is 2. The molecular weight excluding hydrogens is 368 g/mol. The summed E-state index contributed by atoms with van der Waals surface area (Å²) >= 11 is 5.86. The van der Waals surface area contributed by atoms with E-state index in [1.165, 1.54) is 0 Å². The number of halogens is 1. The molecule has 144 valence electrons. The monoisotopic (exact) mass is 390 g/mol. The van der Waals surface area contributed by atoms with Gasteiger partial charge in [0.1, 0.15) is 0 Å². The van der Waals surface area contributed by atoms with Gasteiger partial charge >= 0.3 is 0 Å². The van der Waals surface area contributed by atoms with E-state index in [4.69, 9.17) is 16.1 Å². The number of amides is 2. The fourth-order valence-electron chi connectivity index (χ4n) is 3.10. The van der Waals surface area contributed by atoms with Crippen LogP contribution in [0.5, 0.6) is 0 Å². The first-order chi connectivity index (χ1) is 13.1. The average Bonchev–Trinajstić information content (AvgIpc) is 3.36. The van der Waals surface area contributed by atoms with Gasteiger partial charge in [-0.15, -0.1) is 0 Å².